The molecule has 0 bridgehead atoms. The number of methoxy groups -OCH3 is 1. The van der Waals surface area contributed by atoms with E-state index in [0.29, 0.717) is 16.6 Å². The molecule has 1 atom stereocenters. The Labute approximate surface area is 137 Å². The van der Waals surface area contributed by atoms with Crippen LogP contribution < -0.4 is 10.1 Å². The molecule has 0 aliphatic heterocycles. The van der Waals surface area contributed by atoms with Crippen molar-refractivity contribution in [3.05, 3.63) is 52.5 Å². The third-order valence-corrected chi connectivity index (χ3v) is 4.12. The van der Waals surface area contributed by atoms with Crippen LogP contribution in [-0.4, -0.2) is 23.2 Å². The van der Waals surface area contributed by atoms with Gasteiger partial charge in [-0.25, -0.2) is 0 Å². The summed E-state index contributed by atoms with van der Waals surface area (Å²) >= 11 is 1.38. The fraction of sp³-hybridized carbons (Fsp3) is 0.188. The van der Waals surface area contributed by atoms with Crippen LogP contribution in [0, 0.1) is 0 Å². The van der Waals surface area contributed by atoms with Crippen LogP contribution in [0.5, 0.6) is 5.75 Å². The van der Waals surface area contributed by atoms with Crippen LogP contribution in [0.4, 0.5) is 0 Å². The van der Waals surface area contributed by atoms with Gasteiger partial charge in [0, 0.05) is 5.56 Å². The van der Waals surface area contributed by atoms with Crippen LogP contribution in [0.2, 0.25) is 0 Å². The zero-order valence-corrected chi connectivity index (χ0v) is 13.5. The second-order valence-electron chi connectivity index (χ2n) is 4.86. The minimum Gasteiger partial charge on any atom is -0.497 e. The van der Waals surface area contributed by atoms with Crippen LogP contribution in [0.15, 0.2) is 46.3 Å². The fourth-order valence-electron chi connectivity index (χ4n) is 2.01. The number of thiophene rings is 1. The van der Waals surface area contributed by atoms with Gasteiger partial charge in [0.05, 0.1) is 12.0 Å². The molecule has 3 rings (SSSR count). The number of amides is 1. The number of aromatic nitrogens is 2. The van der Waals surface area contributed by atoms with E-state index in [1.54, 1.807) is 20.1 Å². The summed E-state index contributed by atoms with van der Waals surface area (Å²) in [4.78, 5) is 17.0. The van der Waals surface area contributed by atoms with E-state index < -0.39 is 0 Å². The molecule has 1 N–H and O–H groups in total. The van der Waals surface area contributed by atoms with Crippen molar-refractivity contribution in [2.45, 2.75) is 13.0 Å². The molecule has 0 aliphatic carbocycles. The van der Waals surface area contributed by atoms with Crippen molar-refractivity contribution in [3.63, 3.8) is 0 Å². The lowest BCUT2D eigenvalue weighted by atomic mass is 10.2. The molecule has 7 heteroatoms. The number of nitrogens with zero attached hydrogens (tertiary/aromatic N) is 2. The van der Waals surface area contributed by atoms with Crippen molar-refractivity contribution in [2.75, 3.05) is 7.11 Å². The third kappa shape index (κ3) is 3.40. The zero-order chi connectivity index (χ0) is 16.2. The molecule has 3 aromatic rings. The number of nitrogens with one attached hydrogen (secondary N) is 1. The largest absolute Gasteiger partial charge is 0.497 e. The van der Waals surface area contributed by atoms with Crippen LogP contribution >= 0.6 is 11.3 Å². The number of benzene rings is 1. The molecule has 6 nitrogen and oxygen atoms in total. The highest BCUT2D eigenvalue weighted by atomic mass is 32.1. The topological polar surface area (TPSA) is 77.3 Å². The molecule has 0 unspecified atom stereocenters. The predicted octanol–water partition coefficient (Wildman–Crippen LogP) is 3.30. The van der Waals surface area contributed by atoms with Crippen molar-refractivity contribution in [2.24, 2.45) is 0 Å². The number of carbonyl (C=O) groups is 1. The average Bonchev–Trinajstić information content (AvgIpc) is 3.26. The molecule has 118 valence electrons. The Morgan fingerprint density at radius 3 is 2.74 bits per heavy atom. The summed E-state index contributed by atoms with van der Waals surface area (Å²) in [5.74, 6) is 1.44. The lowest BCUT2D eigenvalue weighted by Crippen LogP contribution is -2.26. The Hall–Kier alpha value is -2.67. The van der Waals surface area contributed by atoms with Crippen LogP contribution in [0.1, 0.15) is 28.5 Å². The predicted molar refractivity (Wildman–Crippen MR) is 86.5 cm³/mol. The van der Waals surface area contributed by atoms with Gasteiger partial charge < -0.3 is 14.6 Å². The van der Waals surface area contributed by atoms with Gasteiger partial charge in [0.15, 0.2) is 0 Å². The molecular weight excluding hydrogens is 314 g/mol. The molecule has 1 amide bonds. The lowest BCUT2D eigenvalue weighted by molar-refractivity contribution is 0.0936. The Morgan fingerprint density at radius 2 is 2.09 bits per heavy atom. The Bertz CT molecular complexity index is 781. The lowest BCUT2D eigenvalue weighted by Gasteiger charge is -2.07. The Kier molecular flexibility index (Phi) is 4.38. The molecule has 0 radical (unpaired) electrons. The van der Waals surface area contributed by atoms with Crippen molar-refractivity contribution in [3.8, 4) is 17.1 Å². The summed E-state index contributed by atoms with van der Waals surface area (Å²) in [5, 5.41) is 8.65. The number of ether oxygens (including phenoxy) is 1. The molecule has 0 fully saturated rings. The van der Waals surface area contributed by atoms with Gasteiger partial charge in [-0.05, 0) is 42.6 Å². The SMILES string of the molecule is COc1ccc(-c2noc([C@H](C)NC(=O)c3cccs3)n2)cc1. The van der Waals surface area contributed by atoms with E-state index in [1.807, 2.05) is 35.7 Å². The summed E-state index contributed by atoms with van der Waals surface area (Å²) in [6, 6.07) is 10.6. The molecule has 1 aromatic carbocycles. The smallest absolute Gasteiger partial charge is 0.261 e. The van der Waals surface area contributed by atoms with E-state index in [0.717, 1.165) is 11.3 Å². The van der Waals surface area contributed by atoms with Crippen molar-refractivity contribution in [1.29, 1.82) is 0 Å². The summed E-state index contributed by atoms with van der Waals surface area (Å²) in [7, 11) is 1.61. The van der Waals surface area contributed by atoms with Crippen LogP contribution in [0.3, 0.4) is 0 Å². The normalized spacial score (nSPS) is 11.9. The Balaban J connectivity index is 1.71. The van der Waals surface area contributed by atoms with Crippen molar-refractivity contribution in [1.82, 2.24) is 15.5 Å². The van der Waals surface area contributed by atoms with Gasteiger partial charge in [-0.2, -0.15) is 4.98 Å². The van der Waals surface area contributed by atoms with E-state index in [9.17, 15) is 4.79 Å². The van der Waals surface area contributed by atoms with Crippen LogP contribution in [-0.2, 0) is 0 Å². The molecule has 0 aliphatic rings. The highest BCUT2D eigenvalue weighted by molar-refractivity contribution is 7.12. The van der Waals surface area contributed by atoms with E-state index in [-0.39, 0.29) is 11.9 Å². The maximum absolute atomic E-state index is 12.0. The van der Waals surface area contributed by atoms with E-state index in [1.165, 1.54) is 11.3 Å². The van der Waals surface area contributed by atoms with Crippen LogP contribution in [0.25, 0.3) is 11.4 Å². The minimum atomic E-state index is -0.371. The van der Waals surface area contributed by atoms with E-state index in [2.05, 4.69) is 15.5 Å². The summed E-state index contributed by atoms with van der Waals surface area (Å²) in [6.07, 6.45) is 0. The zero-order valence-electron chi connectivity index (χ0n) is 12.6. The molecule has 0 saturated carbocycles. The number of hydrogen-bond donors (Lipinski definition) is 1. The maximum atomic E-state index is 12.0. The van der Waals surface area contributed by atoms with Gasteiger partial charge in [0.1, 0.15) is 11.8 Å². The first-order chi connectivity index (χ1) is 11.2. The van der Waals surface area contributed by atoms with Gasteiger partial charge in [0.2, 0.25) is 11.7 Å². The fourth-order valence-corrected chi connectivity index (χ4v) is 2.63. The first-order valence-corrected chi connectivity index (χ1v) is 7.87. The molecule has 2 heterocycles. The standard InChI is InChI=1S/C16H15N3O3S/c1-10(17-15(20)13-4-3-9-23-13)16-18-14(19-22-16)11-5-7-12(21-2)8-6-11/h3-10H,1-2H3,(H,17,20)/t10-/m0/s1. The second-order valence-corrected chi connectivity index (χ2v) is 5.80. The first-order valence-electron chi connectivity index (χ1n) is 7.00. The van der Waals surface area contributed by atoms with Gasteiger partial charge in [0.25, 0.3) is 5.91 Å². The molecule has 23 heavy (non-hydrogen) atoms. The Morgan fingerprint density at radius 1 is 1.30 bits per heavy atom. The quantitative estimate of drug-likeness (QED) is 0.777. The van der Waals surface area contributed by atoms with Gasteiger partial charge in [-0.3, -0.25) is 4.79 Å². The molecule has 0 spiro atoms. The first kappa shape index (κ1) is 15.2. The van der Waals surface area contributed by atoms with Crippen molar-refractivity contribution >= 4 is 17.2 Å². The molecule has 2 aromatic heterocycles. The highest BCUT2D eigenvalue weighted by Crippen LogP contribution is 2.21. The molecule has 0 saturated heterocycles. The third-order valence-electron chi connectivity index (χ3n) is 3.25. The van der Waals surface area contributed by atoms with E-state index >= 15 is 0 Å². The summed E-state index contributed by atoms with van der Waals surface area (Å²) < 4.78 is 10.4. The van der Waals surface area contributed by atoms with E-state index in [4.69, 9.17) is 9.26 Å². The number of carbonyl (C=O) groups excluding carboxylic acids is 1. The maximum Gasteiger partial charge on any atom is 0.261 e. The number of rotatable bonds is 5. The number of hydrogen-bond acceptors (Lipinski definition) is 6. The van der Waals surface area contributed by atoms with Gasteiger partial charge in [-0.15, -0.1) is 11.3 Å². The van der Waals surface area contributed by atoms with Gasteiger partial charge in [-0.1, -0.05) is 11.2 Å². The summed E-state index contributed by atoms with van der Waals surface area (Å²) in [6.45, 7) is 1.80. The van der Waals surface area contributed by atoms with Crippen molar-refractivity contribution < 1.29 is 14.1 Å². The molecular formula is C16H15N3O3S. The minimum absolute atomic E-state index is 0.156. The summed E-state index contributed by atoms with van der Waals surface area (Å²) in [5.41, 5.74) is 0.817. The average molecular weight is 329 g/mol. The monoisotopic (exact) mass is 329 g/mol. The van der Waals surface area contributed by atoms with Gasteiger partial charge >= 0.3 is 0 Å². The second kappa shape index (κ2) is 6.62. The highest BCUT2D eigenvalue weighted by Gasteiger charge is 2.18.